The average Bonchev–Trinajstić information content (AvgIpc) is 2.66. The number of anilines is 1. The maximum atomic E-state index is 12.7. The van der Waals surface area contributed by atoms with Crippen LogP contribution in [0.25, 0.3) is 0 Å². The van der Waals surface area contributed by atoms with E-state index in [1.54, 1.807) is 31.2 Å². The van der Waals surface area contributed by atoms with E-state index in [0.29, 0.717) is 23.5 Å². The smallest absolute Gasteiger partial charge is 0.265 e. The first kappa shape index (κ1) is 21.5. The number of carbonyl (C=O) groups excluding carboxylic acids is 2. The number of amides is 2. The zero-order valence-corrected chi connectivity index (χ0v) is 17.3. The van der Waals surface area contributed by atoms with E-state index in [2.05, 4.69) is 24.5 Å². The van der Waals surface area contributed by atoms with Gasteiger partial charge in [-0.05, 0) is 55.5 Å². The lowest BCUT2D eigenvalue weighted by Gasteiger charge is -2.20. The van der Waals surface area contributed by atoms with E-state index in [0.717, 1.165) is 17.5 Å². The van der Waals surface area contributed by atoms with E-state index < -0.39 is 6.10 Å². The number of aryl methyl sites for hydroxylation is 1. The van der Waals surface area contributed by atoms with E-state index in [9.17, 15) is 9.59 Å². The lowest BCUT2D eigenvalue weighted by atomic mass is 10.0. The number of hydrogen-bond donors (Lipinski definition) is 2. The molecule has 0 spiro atoms. The Balaban J connectivity index is 2.14. The first-order valence-electron chi connectivity index (χ1n) is 9.78. The zero-order valence-electron chi connectivity index (χ0n) is 17.3. The van der Waals surface area contributed by atoms with E-state index in [4.69, 9.17) is 4.74 Å². The van der Waals surface area contributed by atoms with Crippen LogP contribution in [-0.2, 0) is 4.79 Å². The molecule has 0 fully saturated rings. The van der Waals surface area contributed by atoms with Gasteiger partial charge in [0.15, 0.2) is 6.10 Å². The standard InChI is InChI=1S/C23H30N2O3/c1-6-13-24-23(27)19-9-7-8-10-20(19)25-22(26)17(5)28-21-14-16(4)11-12-18(21)15(2)3/h7-12,14-15,17H,6,13H2,1-5H3,(H,24,27)(H,25,26)/t17-/m1/s1. The van der Waals surface area contributed by atoms with Gasteiger partial charge in [-0.25, -0.2) is 0 Å². The van der Waals surface area contributed by atoms with E-state index in [1.807, 2.05) is 32.0 Å². The molecule has 0 heterocycles. The Labute approximate surface area is 167 Å². The van der Waals surface area contributed by atoms with Crippen molar-refractivity contribution in [1.82, 2.24) is 5.32 Å². The van der Waals surface area contributed by atoms with Gasteiger partial charge in [0.25, 0.3) is 11.8 Å². The summed E-state index contributed by atoms with van der Waals surface area (Å²) >= 11 is 0. The van der Waals surface area contributed by atoms with Crippen molar-refractivity contribution in [2.45, 2.75) is 53.1 Å². The average molecular weight is 383 g/mol. The van der Waals surface area contributed by atoms with Gasteiger partial charge in [-0.2, -0.15) is 0 Å². The molecule has 2 amide bonds. The molecule has 28 heavy (non-hydrogen) atoms. The van der Waals surface area contributed by atoms with Crippen molar-refractivity contribution in [2.24, 2.45) is 0 Å². The molecule has 0 bridgehead atoms. The van der Waals surface area contributed by atoms with Crippen LogP contribution >= 0.6 is 0 Å². The number of benzene rings is 2. The monoisotopic (exact) mass is 382 g/mol. The number of nitrogens with one attached hydrogen (secondary N) is 2. The van der Waals surface area contributed by atoms with Crippen LogP contribution in [0.5, 0.6) is 5.75 Å². The molecule has 1 atom stereocenters. The lowest BCUT2D eigenvalue weighted by molar-refractivity contribution is -0.122. The van der Waals surface area contributed by atoms with Crippen molar-refractivity contribution in [3.8, 4) is 5.75 Å². The van der Waals surface area contributed by atoms with Crippen LogP contribution < -0.4 is 15.4 Å². The Morgan fingerprint density at radius 2 is 1.79 bits per heavy atom. The molecule has 0 unspecified atom stereocenters. The first-order valence-corrected chi connectivity index (χ1v) is 9.78. The molecule has 150 valence electrons. The summed E-state index contributed by atoms with van der Waals surface area (Å²) in [6.07, 6.45) is 0.144. The second-order valence-corrected chi connectivity index (χ2v) is 7.25. The third kappa shape index (κ3) is 5.59. The topological polar surface area (TPSA) is 67.4 Å². The highest BCUT2D eigenvalue weighted by atomic mass is 16.5. The van der Waals surface area contributed by atoms with Crippen LogP contribution in [0, 0.1) is 6.92 Å². The number of hydrogen-bond acceptors (Lipinski definition) is 3. The summed E-state index contributed by atoms with van der Waals surface area (Å²) in [5.74, 6) is 0.500. The predicted octanol–water partition coefficient (Wildman–Crippen LogP) is 4.66. The van der Waals surface area contributed by atoms with Gasteiger partial charge in [0, 0.05) is 6.54 Å². The Bertz CT molecular complexity index is 830. The number of para-hydroxylation sites is 1. The van der Waals surface area contributed by atoms with Gasteiger partial charge in [0.2, 0.25) is 0 Å². The molecule has 0 aliphatic rings. The van der Waals surface area contributed by atoms with Crippen molar-refractivity contribution in [3.63, 3.8) is 0 Å². The van der Waals surface area contributed by atoms with Crippen molar-refractivity contribution < 1.29 is 14.3 Å². The van der Waals surface area contributed by atoms with E-state index in [-0.39, 0.29) is 17.7 Å². The zero-order chi connectivity index (χ0) is 20.7. The Kier molecular flexibility index (Phi) is 7.61. The van der Waals surface area contributed by atoms with Crippen LogP contribution in [-0.4, -0.2) is 24.5 Å². The number of rotatable bonds is 8. The van der Waals surface area contributed by atoms with Gasteiger partial charge < -0.3 is 15.4 Å². The Morgan fingerprint density at radius 1 is 1.07 bits per heavy atom. The van der Waals surface area contributed by atoms with Crippen LogP contribution in [0.15, 0.2) is 42.5 Å². The molecule has 5 nitrogen and oxygen atoms in total. The second-order valence-electron chi connectivity index (χ2n) is 7.25. The van der Waals surface area contributed by atoms with Crippen LogP contribution in [0.2, 0.25) is 0 Å². The Hall–Kier alpha value is -2.82. The normalized spacial score (nSPS) is 11.8. The molecule has 2 N–H and O–H groups in total. The fourth-order valence-electron chi connectivity index (χ4n) is 2.82. The number of carbonyl (C=O) groups is 2. The third-order valence-corrected chi connectivity index (χ3v) is 4.43. The molecular formula is C23H30N2O3. The van der Waals surface area contributed by atoms with E-state index in [1.165, 1.54) is 0 Å². The maximum Gasteiger partial charge on any atom is 0.265 e. The van der Waals surface area contributed by atoms with Gasteiger partial charge in [0.1, 0.15) is 5.75 Å². The van der Waals surface area contributed by atoms with Crippen LogP contribution in [0.3, 0.4) is 0 Å². The largest absolute Gasteiger partial charge is 0.481 e. The molecular weight excluding hydrogens is 352 g/mol. The quantitative estimate of drug-likeness (QED) is 0.697. The summed E-state index contributed by atoms with van der Waals surface area (Å²) in [6.45, 7) is 10.5. The van der Waals surface area contributed by atoms with Crippen molar-refractivity contribution in [1.29, 1.82) is 0 Å². The molecule has 2 rings (SSSR count). The minimum absolute atomic E-state index is 0.202. The third-order valence-electron chi connectivity index (χ3n) is 4.43. The maximum absolute atomic E-state index is 12.7. The van der Waals surface area contributed by atoms with Crippen LogP contribution in [0.4, 0.5) is 5.69 Å². The molecule has 5 heteroatoms. The second kappa shape index (κ2) is 9.93. The highest BCUT2D eigenvalue weighted by Crippen LogP contribution is 2.28. The fraction of sp³-hybridized carbons (Fsp3) is 0.391. The van der Waals surface area contributed by atoms with Gasteiger partial charge in [-0.15, -0.1) is 0 Å². The minimum Gasteiger partial charge on any atom is -0.481 e. The van der Waals surface area contributed by atoms with E-state index >= 15 is 0 Å². The highest BCUT2D eigenvalue weighted by Gasteiger charge is 2.20. The van der Waals surface area contributed by atoms with Crippen LogP contribution in [0.1, 0.15) is 61.5 Å². The summed E-state index contributed by atoms with van der Waals surface area (Å²) < 4.78 is 5.97. The fourth-order valence-corrected chi connectivity index (χ4v) is 2.82. The summed E-state index contributed by atoms with van der Waals surface area (Å²) in [7, 11) is 0. The summed E-state index contributed by atoms with van der Waals surface area (Å²) in [4.78, 5) is 25.0. The molecule has 0 radical (unpaired) electrons. The van der Waals surface area contributed by atoms with Gasteiger partial charge >= 0.3 is 0 Å². The predicted molar refractivity (Wildman–Crippen MR) is 113 cm³/mol. The summed E-state index contributed by atoms with van der Waals surface area (Å²) in [5, 5.41) is 5.66. The summed E-state index contributed by atoms with van der Waals surface area (Å²) in [6, 6.07) is 13.0. The van der Waals surface area contributed by atoms with Crippen molar-refractivity contribution in [2.75, 3.05) is 11.9 Å². The lowest BCUT2D eigenvalue weighted by Crippen LogP contribution is -2.32. The molecule has 0 saturated carbocycles. The molecule has 2 aromatic rings. The van der Waals surface area contributed by atoms with Crippen molar-refractivity contribution >= 4 is 17.5 Å². The van der Waals surface area contributed by atoms with Crippen molar-refractivity contribution in [3.05, 3.63) is 59.2 Å². The van der Waals surface area contributed by atoms with Gasteiger partial charge in [-0.1, -0.05) is 45.0 Å². The Morgan fingerprint density at radius 3 is 2.46 bits per heavy atom. The highest BCUT2D eigenvalue weighted by molar-refractivity contribution is 6.04. The SMILES string of the molecule is CCCNC(=O)c1ccccc1NC(=O)[C@@H](C)Oc1cc(C)ccc1C(C)C. The van der Waals surface area contributed by atoms with Gasteiger partial charge in [-0.3, -0.25) is 9.59 Å². The molecule has 2 aromatic carbocycles. The molecule has 0 aromatic heterocycles. The minimum atomic E-state index is -0.703. The molecule has 0 aliphatic heterocycles. The first-order chi connectivity index (χ1) is 13.3. The van der Waals surface area contributed by atoms with Gasteiger partial charge in [0.05, 0.1) is 11.3 Å². The molecule has 0 saturated heterocycles. The molecule has 0 aliphatic carbocycles. The number of ether oxygens (including phenoxy) is 1. The summed E-state index contributed by atoms with van der Waals surface area (Å²) in [5.41, 5.74) is 3.05.